The van der Waals surface area contributed by atoms with Crippen molar-refractivity contribution < 1.29 is 9.47 Å². The second kappa shape index (κ2) is 7.28. The van der Waals surface area contributed by atoms with E-state index in [2.05, 4.69) is 22.2 Å². The molecule has 1 fully saturated rings. The lowest BCUT2D eigenvalue weighted by atomic mass is 10.1. The molecule has 0 aromatic carbocycles. The predicted octanol–water partition coefficient (Wildman–Crippen LogP) is 2.55. The topological polar surface area (TPSA) is 56.3 Å². The molecule has 0 amide bonds. The highest BCUT2D eigenvalue weighted by molar-refractivity contribution is 5.47. The molecule has 1 unspecified atom stereocenters. The maximum atomic E-state index is 5.78. The fourth-order valence-electron chi connectivity index (χ4n) is 2.11. The summed E-state index contributed by atoms with van der Waals surface area (Å²) in [5.41, 5.74) is 0.965. The van der Waals surface area contributed by atoms with Gasteiger partial charge in [0.2, 0.25) is 5.88 Å². The summed E-state index contributed by atoms with van der Waals surface area (Å²) < 4.78 is 11.4. The van der Waals surface area contributed by atoms with Crippen LogP contribution in [0.4, 0.5) is 5.82 Å². The van der Waals surface area contributed by atoms with E-state index in [1.165, 1.54) is 6.42 Å². The molecular weight excluding hydrogens is 242 g/mol. The van der Waals surface area contributed by atoms with Crippen LogP contribution in [0.25, 0.3) is 0 Å². The first-order valence-electron chi connectivity index (χ1n) is 7.11. The maximum absolute atomic E-state index is 5.78. The van der Waals surface area contributed by atoms with E-state index in [1.807, 2.05) is 6.92 Å². The van der Waals surface area contributed by atoms with Gasteiger partial charge in [-0.05, 0) is 32.6 Å². The Kier molecular flexibility index (Phi) is 5.39. The van der Waals surface area contributed by atoms with Crippen molar-refractivity contribution in [3.05, 3.63) is 11.9 Å². The third kappa shape index (κ3) is 4.06. The van der Waals surface area contributed by atoms with Crippen molar-refractivity contribution in [2.45, 2.75) is 45.6 Å². The monoisotopic (exact) mass is 265 g/mol. The second-order valence-electron chi connectivity index (χ2n) is 4.88. The highest BCUT2D eigenvalue weighted by Gasteiger charge is 2.16. The number of nitrogens with zero attached hydrogens (tertiary/aromatic N) is 2. The van der Waals surface area contributed by atoms with Gasteiger partial charge in [0.15, 0.2) is 0 Å². The average molecular weight is 265 g/mol. The Morgan fingerprint density at radius 2 is 2.32 bits per heavy atom. The van der Waals surface area contributed by atoms with Gasteiger partial charge in [-0.2, -0.15) is 0 Å². The molecule has 0 bridgehead atoms. The summed E-state index contributed by atoms with van der Waals surface area (Å²) in [5.74, 6) is 1.51. The quantitative estimate of drug-likeness (QED) is 0.856. The molecule has 0 aliphatic carbocycles. The Hall–Kier alpha value is -1.36. The van der Waals surface area contributed by atoms with Crippen LogP contribution in [0.15, 0.2) is 6.33 Å². The molecule has 0 radical (unpaired) electrons. The molecule has 1 aliphatic heterocycles. The molecule has 1 aliphatic rings. The Morgan fingerprint density at radius 3 is 3.05 bits per heavy atom. The highest BCUT2D eigenvalue weighted by Crippen LogP contribution is 2.21. The number of hydrogen-bond donors (Lipinski definition) is 1. The van der Waals surface area contributed by atoms with Crippen LogP contribution < -0.4 is 10.1 Å². The normalized spacial score (nSPS) is 19.2. The first-order chi connectivity index (χ1) is 9.31. The van der Waals surface area contributed by atoms with Gasteiger partial charge in [0.25, 0.3) is 0 Å². The molecule has 0 spiro atoms. The summed E-state index contributed by atoms with van der Waals surface area (Å²) in [6, 6.07) is 0. The van der Waals surface area contributed by atoms with E-state index >= 15 is 0 Å². The minimum Gasteiger partial charge on any atom is -0.475 e. The van der Waals surface area contributed by atoms with E-state index in [1.54, 1.807) is 6.33 Å². The van der Waals surface area contributed by atoms with E-state index in [0.717, 1.165) is 43.8 Å². The molecule has 5 nitrogen and oxygen atoms in total. The fourth-order valence-corrected chi connectivity index (χ4v) is 2.11. The summed E-state index contributed by atoms with van der Waals surface area (Å²) in [5, 5.41) is 3.28. The minimum atomic E-state index is 0.204. The molecule has 5 heteroatoms. The van der Waals surface area contributed by atoms with Crippen molar-refractivity contribution in [3.8, 4) is 5.88 Å². The van der Waals surface area contributed by atoms with Crippen molar-refractivity contribution in [2.24, 2.45) is 0 Å². The van der Waals surface area contributed by atoms with Gasteiger partial charge in [0.1, 0.15) is 18.8 Å². The number of anilines is 1. The van der Waals surface area contributed by atoms with Crippen LogP contribution in [0.3, 0.4) is 0 Å². The molecule has 1 N–H and O–H groups in total. The maximum Gasteiger partial charge on any atom is 0.221 e. The van der Waals surface area contributed by atoms with Gasteiger partial charge >= 0.3 is 0 Å². The molecule has 2 rings (SSSR count). The molecule has 19 heavy (non-hydrogen) atoms. The van der Waals surface area contributed by atoms with Gasteiger partial charge in [0.05, 0.1) is 11.7 Å². The zero-order chi connectivity index (χ0) is 13.5. The summed E-state index contributed by atoms with van der Waals surface area (Å²) in [6.07, 6.45) is 6.27. The first kappa shape index (κ1) is 14.1. The Bertz CT molecular complexity index is 392. The lowest BCUT2D eigenvalue weighted by molar-refractivity contribution is -0.0120. The fraction of sp³-hybridized carbons (Fsp3) is 0.714. The Morgan fingerprint density at radius 1 is 1.42 bits per heavy atom. The molecule has 1 saturated heterocycles. The van der Waals surface area contributed by atoms with Crippen LogP contribution in [0.5, 0.6) is 5.88 Å². The SMILES string of the molecule is CCCNc1ncnc(OCC2CCCCO2)c1C. The van der Waals surface area contributed by atoms with Gasteiger partial charge in [-0.25, -0.2) is 9.97 Å². The predicted molar refractivity (Wildman–Crippen MR) is 74.6 cm³/mol. The van der Waals surface area contributed by atoms with Crippen LogP contribution in [0.1, 0.15) is 38.2 Å². The molecule has 1 aromatic heterocycles. The molecule has 1 aromatic rings. The molecule has 2 heterocycles. The zero-order valence-corrected chi connectivity index (χ0v) is 11.8. The largest absolute Gasteiger partial charge is 0.475 e. The van der Waals surface area contributed by atoms with Crippen molar-refractivity contribution in [3.63, 3.8) is 0 Å². The van der Waals surface area contributed by atoms with Gasteiger partial charge in [0, 0.05) is 13.2 Å². The van der Waals surface area contributed by atoms with Gasteiger partial charge in [-0.15, -0.1) is 0 Å². The van der Waals surface area contributed by atoms with Crippen molar-refractivity contribution in [1.29, 1.82) is 0 Å². The summed E-state index contributed by atoms with van der Waals surface area (Å²) in [6.45, 7) is 6.44. The van der Waals surface area contributed by atoms with E-state index < -0.39 is 0 Å². The van der Waals surface area contributed by atoms with Crippen LogP contribution in [0, 0.1) is 6.92 Å². The van der Waals surface area contributed by atoms with E-state index in [4.69, 9.17) is 9.47 Å². The van der Waals surface area contributed by atoms with Gasteiger partial charge < -0.3 is 14.8 Å². The summed E-state index contributed by atoms with van der Waals surface area (Å²) in [7, 11) is 0. The Labute approximate surface area is 114 Å². The number of hydrogen-bond acceptors (Lipinski definition) is 5. The lowest BCUT2D eigenvalue weighted by Crippen LogP contribution is -2.26. The minimum absolute atomic E-state index is 0.204. The Balaban J connectivity index is 1.91. The molecule has 106 valence electrons. The average Bonchev–Trinajstić information content (AvgIpc) is 2.46. The van der Waals surface area contributed by atoms with Crippen molar-refractivity contribution >= 4 is 5.82 Å². The van der Waals surface area contributed by atoms with E-state index in [9.17, 15) is 0 Å². The second-order valence-corrected chi connectivity index (χ2v) is 4.88. The van der Waals surface area contributed by atoms with Crippen LogP contribution in [0.2, 0.25) is 0 Å². The third-order valence-corrected chi connectivity index (χ3v) is 3.26. The van der Waals surface area contributed by atoms with Crippen LogP contribution in [-0.4, -0.2) is 35.8 Å². The molecule has 0 saturated carbocycles. The van der Waals surface area contributed by atoms with E-state index in [-0.39, 0.29) is 6.10 Å². The summed E-state index contributed by atoms with van der Waals surface area (Å²) in [4.78, 5) is 8.44. The van der Waals surface area contributed by atoms with Crippen LogP contribution in [-0.2, 0) is 4.74 Å². The number of rotatable bonds is 6. The summed E-state index contributed by atoms with van der Waals surface area (Å²) >= 11 is 0. The number of nitrogens with one attached hydrogen (secondary N) is 1. The number of aromatic nitrogens is 2. The van der Waals surface area contributed by atoms with Gasteiger partial charge in [-0.1, -0.05) is 6.92 Å². The molecular formula is C14H23N3O2. The first-order valence-corrected chi connectivity index (χ1v) is 7.11. The highest BCUT2D eigenvalue weighted by atomic mass is 16.5. The van der Waals surface area contributed by atoms with Crippen molar-refractivity contribution in [2.75, 3.05) is 25.1 Å². The van der Waals surface area contributed by atoms with Crippen molar-refractivity contribution in [1.82, 2.24) is 9.97 Å². The van der Waals surface area contributed by atoms with Gasteiger partial charge in [-0.3, -0.25) is 0 Å². The number of ether oxygens (including phenoxy) is 2. The standard InChI is InChI=1S/C14H23N3O2/c1-3-7-15-13-11(2)14(17-10-16-13)19-9-12-6-4-5-8-18-12/h10,12H,3-9H2,1-2H3,(H,15,16,17). The molecule has 1 atom stereocenters. The lowest BCUT2D eigenvalue weighted by Gasteiger charge is -2.22. The zero-order valence-electron chi connectivity index (χ0n) is 11.8. The van der Waals surface area contributed by atoms with E-state index in [0.29, 0.717) is 12.5 Å². The smallest absolute Gasteiger partial charge is 0.221 e. The third-order valence-electron chi connectivity index (χ3n) is 3.26. The van der Waals surface area contributed by atoms with Crippen LogP contribution >= 0.6 is 0 Å².